The third-order valence-electron chi connectivity index (χ3n) is 4.19. The van der Waals surface area contributed by atoms with Crippen LogP contribution in [0.3, 0.4) is 0 Å². The molecule has 0 aliphatic heterocycles. The zero-order valence-electron chi connectivity index (χ0n) is 16.1. The van der Waals surface area contributed by atoms with Gasteiger partial charge in [-0.25, -0.2) is 0 Å². The number of carbonyl (C=O) groups excluding carboxylic acids is 2. The van der Waals surface area contributed by atoms with Crippen molar-refractivity contribution in [2.75, 3.05) is 0 Å². The van der Waals surface area contributed by atoms with Crippen LogP contribution in [0.15, 0.2) is 36.7 Å². The molecule has 0 radical (unpaired) electrons. The molecule has 1 aromatic rings. The van der Waals surface area contributed by atoms with Crippen LogP contribution in [-0.2, 0) is 20.9 Å². The van der Waals surface area contributed by atoms with Gasteiger partial charge in [-0.05, 0) is 38.2 Å². The van der Waals surface area contributed by atoms with Gasteiger partial charge < -0.3 is 4.74 Å². The molecular weight excluding hydrogens is 326 g/mol. The number of pyridine rings is 1. The maximum Gasteiger partial charge on any atom is 0.306 e. The smallest absolute Gasteiger partial charge is 0.306 e. The summed E-state index contributed by atoms with van der Waals surface area (Å²) in [4.78, 5) is 27.3. The molecular formula is C22H33NO3. The lowest BCUT2D eigenvalue weighted by atomic mass is 10.1. The molecule has 0 unspecified atom stereocenters. The maximum atomic E-state index is 11.7. The minimum absolute atomic E-state index is 0.147. The third-order valence-corrected chi connectivity index (χ3v) is 4.19. The number of unbranched alkanes of at least 4 members (excludes halogenated alkanes) is 5. The molecule has 0 atom stereocenters. The lowest BCUT2D eigenvalue weighted by molar-refractivity contribution is -0.145. The number of ether oxygens (including phenoxy) is 1. The lowest BCUT2D eigenvalue weighted by Crippen LogP contribution is -2.04. The summed E-state index contributed by atoms with van der Waals surface area (Å²) in [6.45, 7) is 2.45. The summed E-state index contributed by atoms with van der Waals surface area (Å²) in [6, 6.07) is 3.73. The lowest BCUT2D eigenvalue weighted by Gasteiger charge is -2.04. The first-order chi connectivity index (χ1) is 12.7. The molecule has 1 rings (SSSR count). The van der Waals surface area contributed by atoms with Gasteiger partial charge in [0.15, 0.2) is 0 Å². The van der Waals surface area contributed by atoms with Crippen LogP contribution in [0.4, 0.5) is 0 Å². The molecule has 0 bridgehead atoms. The van der Waals surface area contributed by atoms with Crippen molar-refractivity contribution in [1.82, 2.24) is 4.98 Å². The van der Waals surface area contributed by atoms with Crippen molar-refractivity contribution >= 4 is 11.8 Å². The Labute approximate surface area is 158 Å². The van der Waals surface area contributed by atoms with Gasteiger partial charge in [-0.1, -0.05) is 44.4 Å². The summed E-state index contributed by atoms with van der Waals surface area (Å²) in [5.74, 6) is 0.235. The Bertz CT molecular complexity index is 525. The number of carbonyl (C=O) groups is 2. The highest BCUT2D eigenvalue weighted by Crippen LogP contribution is 2.08. The Balaban J connectivity index is 1.92. The first-order valence-corrected chi connectivity index (χ1v) is 9.93. The molecule has 0 spiro atoms. The Hall–Kier alpha value is -1.97. The minimum Gasteiger partial charge on any atom is -0.461 e. The third kappa shape index (κ3) is 12.4. The molecule has 1 aromatic heterocycles. The van der Waals surface area contributed by atoms with E-state index in [-0.39, 0.29) is 5.97 Å². The molecule has 0 aliphatic carbocycles. The fourth-order valence-electron chi connectivity index (χ4n) is 2.60. The molecule has 26 heavy (non-hydrogen) atoms. The van der Waals surface area contributed by atoms with E-state index in [2.05, 4.69) is 24.1 Å². The molecule has 4 nitrogen and oxygen atoms in total. The van der Waals surface area contributed by atoms with Crippen molar-refractivity contribution in [3.8, 4) is 0 Å². The zero-order chi connectivity index (χ0) is 18.9. The normalized spacial score (nSPS) is 11.0. The van der Waals surface area contributed by atoms with Crippen molar-refractivity contribution < 1.29 is 14.3 Å². The van der Waals surface area contributed by atoms with Gasteiger partial charge in [-0.15, -0.1) is 0 Å². The summed E-state index contributed by atoms with van der Waals surface area (Å²) in [5, 5.41) is 0. The molecule has 1 heterocycles. The van der Waals surface area contributed by atoms with Crippen LogP contribution >= 0.6 is 0 Å². The molecule has 0 aromatic carbocycles. The topological polar surface area (TPSA) is 56.3 Å². The number of hydrogen-bond acceptors (Lipinski definition) is 4. The second-order valence-electron chi connectivity index (χ2n) is 6.63. The van der Waals surface area contributed by atoms with Gasteiger partial charge in [0.1, 0.15) is 12.4 Å². The van der Waals surface area contributed by atoms with Gasteiger partial charge in [0.2, 0.25) is 0 Å². The van der Waals surface area contributed by atoms with Crippen molar-refractivity contribution in [2.24, 2.45) is 0 Å². The van der Waals surface area contributed by atoms with Crippen molar-refractivity contribution in [3.05, 3.63) is 42.2 Å². The highest BCUT2D eigenvalue weighted by atomic mass is 16.5. The van der Waals surface area contributed by atoms with E-state index >= 15 is 0 Å². The Morgan fingerprint density at radius 1 is 1.00 bits per heavy atom. The number of nitrogens with zero attached hydrogens (tertiary/aromatic N) is 1. The first kappa shape index (κ1) is 22.1. The van der Waals surface area contributed by atoms with Gasteiger partial charge >= 0.3 is 5.97 Å². The highest BCUT2D eigenvalue weighted by Gasteiger charge is 2.03. The average Bonchev–Trinajstić information content (AvgIpc) is 2.66. The SMILES string of the molecule is CCCCCC(=O)CC/C=C\CCCCCC(=O)OCc1cccnc1. The van der Waals surface area contributed by atoms with Crippen LogP contribution in [0.2, 0.25) is 0 Å². The Morgan fingerprint density at radius 3 is 2.58 bits per heavy atom. The fraction of sp³-hybridized carbons (Fsp3) is 0.591. The Morgan fingerprint density at radius 2 is 1.81 bits per heavy atom. The summed E-state index contributed by atoms with van der Waals surface area (Å²) >= 11 is 0. The van der Waals surface area contributed by atoms with Crippen LogP contribution in [0.5, 0.6) is 0 Å². The van der Waals surface area contributed by atoms with E-state index < -0.39 is 0 Å². The molecule has 0 saturated heterocycles. The van der Waals surface area contributed by atoms with E-state index in [1.165, 1.54) is 0 Å². The number of hydrogen-bond donors (Lipinski definition) is 0. The van der Waals surface area contributed by atoms with Crippen LogP contribution in [-0.4, -0.2) is 16.7 Å². The molecule has 0 saturated carbocycles. The fourth-order valence-corrected chi connectivity index (χ4v) is 2.60. The summed E-state index contributed by atoms with van der Waals surface area (Å²) in [5.41, 5.74) is 0.912. The number of Topliss-reactive ketones (excluding diaryl/α,β-unsaturated/α-hetero) is 1. The van der Waals surface area contributed by atoms with Crippen LogP contribution < -0.4 is 0 Å². The van der Waals surface area contributed by atoms with E-state index in [1.807, 2.05) is 12.1 Å². The van der Waals surface area contributed by atoms with Crippen molar-refractivity contribution in [1.29, 1.82) is 0 Å². The predicted octanol–water partition coefficient (Wildman–Crippen LogP) is 5.56. The van der Waals surface area contributed by atoms with Crippen LogP contribution in [0.25, 0.3) is 0 Å². The molecule has 0 amide bonds. The Kier molecular flexibility index (Phi) is 13.0. The average molecular weight is 360 g/mol. The van der Waals surface area contributed by atoms with E-state index in [4.69, 9.17) is 4.74 Å². The molecule has 0 N–H and O–H groups in total. The standard InChI is InChI=1S/C22H33NO3/c1-2-3-9-14-21(24)15-10-7-5-4-6-8-11-16-22(25)26-19-20-13-12-17-23-18-20/h5,7,12-13,17-18H,2-4,6,8-11,14-16,19H2,1H3/b7-5-. The molecule has 4 heteroatoms. The van der Waals surface area contributed by atoms with Gasteiger partial charge in [0.05, 0.1) is 0 Å². The summed E-state index contributed by atoms with van der Waals surface area (Å²) in [6.07, 6.45) is 17.7. The zero-order valence-corrected chi connectivity index (χ0v) is 16.1. The van der Waals surface area contributed by atoms with Crippen LogP contribution in [0.1, 0.15) is 83.1 Å². The molecule has 0 fully saturated rings. The van der Waals surface area contributed by atoms with E-state index in [0.29, 0.717) is 25.2 Å². The van der Waals surface area contributed by atoms with Crippen molar-refractivity contribution in [3.63, 3.8) is 0 Å². The summed E-state index contributed by atoms with van der Waals surface area (Å²) in [7, 11) is 0. The largest absolute Gasteiger partial charge is 0.461 e. The second-order valence-corrected chi connectivity index (χ2v) is 6.63. The predicted molar refractivity (Wildman–Crippen MR) is 105 cm³/mol. The van der Waals surface area contributed by atoms with Gasteiger partial charge in [0.25, 0.3) is 0 Å². The van der Waals surface area contributed by atoms with Crippen molar-refractivity contribution in [2.45, 2.75) is 84.2 Å². The van der Waals surface area contributed by atoms with E-state index in [1.54, 1.807) is 12.4 Å². The maximum absolute atomic E-state index is 11.7. The van der Waals surface area contributed by atoms with E-state index in [0.717, 1.165) is 63.4 Å². The summed E-state index contributed by atoms with van der Waals surface area (Å²) < 4.78 is 5.22. The van der Waals surface area contributed by atoms with Gasteiger partial charge in [-0.3, -0.25) is 14.6 Å². The number of rotatable bonds is 15. The number of allylic oxidation sites excluding steroid dienone is 2. The van der Waals surface area contributed by atoms with Gasteiger partial charge in [0, 0.05) is 37.2 Å². The minimum atomic E-state index is -0.147. The number of ketones is 1. The quantitative estimate of drug-likeness (QED) is 0.234. The second kappa shape index (κ2) is 15.3. The first-order valence-electron chi connectivity index (χ1n) is 9.93. The van der Waals surface area contributed by atoms with E-state index in [9.17, 15) is 9.59 Å². The highest BCUT2D eigenvalue weighted by molar-refractivity contribution is 5.78. The number of aromatic nitrogens is 1. The number of esters is 1. The molecule has 0 aliphatic rings. The van der Waals surface area contributed by atoms with Gasteiger partial charge in [-0.2, -0.15) is 0 Å². The monoisotopic (exact) mass is 359 g/mol. The molecule has 144 valence electrons. The van der Waals surface area contributed by atoms with Crippen LogP contribution in [0, 0.1) is 0 Å².